The van der Waals surface area contributed by atoms with E-state index in [-0.39, 0.29) is 11.5 Å². The first-order valence-corrected chi connectivity index (χ1v) is 11.7. The van der Waals surface area contributed by atoms with Crippen molar-refractivity contribution in [2.45, 2.75) is 37.7 Å². The van der Waals surface area contributed by atoms with E-state index in [1.165, 1.54) is 25.0 Å². The number of ether oxygens (including phenoxy) is 1. The van der Waals surface area contributed by atoms with Crippen LogP contribution >= 0.6 is 0 Å². The molecular weight excluding hydrogens is 400 g/mol. The molecule has 0 bridgehead atoms. The first-order chi connectivity index (χ1) is 15.7. The number of nitrogens with zero attached hydrogens (tertiary/aromatic N) is 4. The van der Waals surface area contributed by atoms with Crippen molar-refractivity contribution in [1.82, 2.24) is 14.5 Å². The van der Waals surface area contributed by atoms with Crippen LogP contribution in [0.3, 0.4) is 0 Å². The molecule has 0 N–H and O–H groups in total. The zero-order chi connectivity index (χ0) is 21.5. The minimum absolute atomic E-state index is 0.0594. The zero-order valence-electron chi connectivity index (χ0n) is 18.2. The molecule has 3 aliphatic rings. The first kappa shape index (κ1) is 19.4. The standard InChI is InChI=1S/C26H28N4O2/c31-25(20-10-11-24(27-19-20)28-14-4-1-5-15-28)29-17-12-26(13-18-29)23-9-6-16-30(23)21-7-2-3-8-22(21)32-26/h2-3,6-11,16,19H,1,4-5,12-15,17-18H2. The molecular formula is C26H28N4O2. The predicted octanol–water partition coefficient (Wildman–Crippen LogP) is 4.39. The van der Waals surface area contributed by atoms with Crippen LogP contribution in [-0.2, 0) is 5.60 Å². The number of benzene rings is 1. The number of aromatic nitrogens is 2. The number of carbonyl (C=O) groups is 1. The van der Waals surface area contributed by atoms with Crippen LogP contribution in [0.5, 0.6) is 5.75 Å². The molecule has 3 aliphatic heterocycles. The third kappa shape index (κ3) is 3.17. The van der Waals surface area contributed by atoms with Crippen LogP contribution in [0, 0.1) is 0 Å². The molecule has 3 aromatic rings. The van der Waals surface area contributed by atoms with Crippen LogP contribution in [0.4, 0.5) is 5.82 Å². The Balaban J connectivity index is 1.17. The van der Waals surface area contributed by atoms with Gasteiger partial charge in [-0.2, -0.15) is 0 Å². The molecule has 2 aromatic heterocycles. The number of anilines is 1. The summed E-state index contributed by atoms with van der Waals surface area (Å²) in [6.07, 6.45) is 9.12. The summed E-state index contributed by atoms with van der Waals surface area (Å²) in [6, 6.07) is 16.3. The molecule has 6 rings (SSSR count). The average molecular weight is 429 g/mol. The Kier molecular flexibility index (Phi) is 4.67. The fourth-order valence-electron chi connectivity index (χ4n) is 5.40. The number of likely N-dealkylation sites (tertiary alicyclic amines) is 1. The second kappa shape index (κ2) is 7.69. The van der Waals surface area contributed by atoms with E-state index in [1.54, 1.807) is 6.20 Å². The third-order valence-corrected chi connectivity index (χ3v) is 7.18. The Morgan fingerprint density at radius 1 is 0.906 bits per heavy atom. The zero-order valence-corrected chi connectivity index (χ0v) is 18.2. The Bertz CT molecular complexity index is 1120. The minimum Gasteiger partial charge on any atom is -0.479 e. The van der Waals surface area contributed by atoms with Gasteiger partial charge in [0.05, 0.1) is 16.9 Å². The van der Waals surface area contributed by atoms with Crippen molar-refractivity contribution in [3.8, 4) is 11.4 Å². The van der Waals surface area contributed by atoms with Gasteiger partial charge in [-0.25, -0.2) is 4.98 Å². The smallest absolute Gasteiger partial charge is 0.255 e. The molecule has 2 fully saturated rings. The summed E-state index contributed by atoms with van der Waals surface area (Å²) >= 11 is 0. The highest BCUT2D eigenvalue weighted by Gasteiger charge is 2.44. The molecule has 0 atom stereocenters. The van der Waals surface area contributed by atoms with Crippen molar-refractivity contribution in [2.75, 3.05) is 31.1 Å². The number of piperidine rings is 2. The highest BCUT2D eigenvalue weighted by molar-refractivity contribution is 5.94. The predicted molar refractivity (Wildman–Crippen MR) is 124 cm³/mol. The lowest BCUT2D eigenvalue weighted by atomic mass is 9.86. The quantitative estimate of drug-likeness (QED) is 0.608. The summed E-state index contributed by atoms with van der Waals surface area (Å²) < 4.78 is 8.82. The highest BCUT2D eigenvalue weighted by Crippen LogP contribution is 2.45. The molecule has 164 valence electrons. The van der Waals surface area contributed by atoms with Gasteiger partial charge in [-0.15, -0.1) is 0 Å². The van der Waals surface area contributed by atoms with Crippen molar-refractivity contribution in [3.63, 3.8) is 0 Å². The van der Waals surface area contributed by atoms with Gasteiger partial charge < -0.3 is 19.1 Å². The average Bonchev–Trinajstić information content (AvgIpc) is 3.37. The number of hydrogen-bond donors (Lipinski definition) is 0. The Labute approximate surface area is 188 Å². The summed E-state index contributed by atoms with van der Waals surface area (Å²) in [7, 11) is 0. The lowest BCUT2D eigenvalue weighted by Gasteiger charge is -2.45. The van der Waals surface area contributed by atoms with Crippen molar-refractivity contribution in [3.05, 3.63) is 72.2 Å². The summed E-state index contributed by atoms with van der Waals surface area (Å²) in [4.78, 5) is 22.0. The molecule has 0 unspecified atom stereocenters. The highest BCUT2D eigenvalue weighted by atomic mass is 16.5. The molecule has 1 spiro atoms. The van der Waals surface area contributed by atoms with Gasteiger partial charge in [0.2, 0.25) is 0 Å². The maximum atomic E-state index is 13.2. The molecule has 1 amide bonds. The van der Waals surface area contributed by atoms with Crippen LogP contribution in [-0.4, -0.2) is 46.5 Å². The van der Waals surface area contributed by atoms with E-state index < -0.39 is 0 Å². The number of hydrogen-bond acceptors (Lipinski definition) is 4. The van der Waals surface area contributed by atoms with E-state index in [0.29, 0.717) is 18.7 Å². The molecule has 1 aromatic carbocycles. The SMILES string of the molecule is O=C(c1ccc(N2CCCCC2)nc1)N1CCC2(CC1)Oc1ccccc1-n1cccc12. The van der Waals surface area contributed by atoms with Gasteiger partial charge >= 0.3 is 0 Å². The molecule has 6 heteroatoms. The normalized spacial score (nSPS) is 19.2. The summed E-state index contributed by atoms with van der Waals surface area (Å²) in [5.41, 5.74) is 2.54. The fraction of sp³-hybridized carbons (Fsp3) is 0.385. The third-order valence-electron chi connectivity index (χ3n) is 7.18. The molecule has 6 nitrogen and oxygen atoms in total. The monoisotopic (exact) mass is 428 g/mol. The van der Waals surface area contributed by atoms with Gasteiger partial charge in [-0.05, 0) is 55.7 Å². The van der Waals surface area contributed by atoms with E-state index in [1.807, 2.05) is 35.2 Å². The Morgan fingerprint density at radius 3 is 2.50 bits per heavy atom. The number of pyridine rings is 1. The van der Waals surface area contributed by atoms with E-state index >= 15 is 0 Å². The molecule has 0 radical (unpaired) electrons. The summed E-state index contributed by atoms with van der Waals surface area (Å²) in [5, 5.41) is 0. The Hall–Kier alpha value is -3.28. The van der Waals surface area contributed by atoms with Gasteiger partial charge in [0.1, 0.15) is 11.6 Å². The maximum Gasteiger partial charge on any atom is 0.255 e. The van der Waals surface area contributed by atoms with E-state index in [4.69, 9.17) is 4.74 Å². The van der Waals surface area contributed by atoms with Gasteiger partial charge in [-0.1, -0.05) is 12.1 Å². The molecule has 5 heterocycles. The second-order valence-corrected chi connectivity index (χ2v) is 9.07. The van der Waals surface area contributed by atoms with Crippen LogP contribution in [0.2, 0.25) is 0 Å². The maximum absolute atomic E-state index is 13.2. The van der Waals surface area contributed by atoms with E-state index in [9.17, 15) is 4.79 Å². The largest absolute Gasteiger partial charge is 0.479 e. The molecule has 0 aliphatic carbocycles. The van der Waals surface area contributed by atoms with Gasteiger partial charge in [0.15, 0.2) is 5.60 Å². The van der Waals surface area contributed by atoms with Gasteiger partial charge in [-0.3, -0.25) is 4.79 Å². The number of para-hydroxylation sites is 2. The van der Waals surface area contributed by atoms with Crippen molar-refractivity contribution >= 4 is 11.7 Å². The van der Waals surface area contributed by atoms with Crippen molar-refractivity contribution < 1.29 is 9.53 Å². The number of rotatable bonds is 2. The fourth-order valence-corrected chi connectivity index (χ4v) is 5.40. The summed E-state index contributed by atoms with van der Waals surface area (Å²) in [5.74, 6) is 1.95. The van der Waals surface area contributed by atoms with Crippen LogP contribution in [0.25, 0.3) is 5.69 Å². The number of fused-ring (bicyclic) bond motifs is 4. The van der Waals surface area contributed by atoms with Crippen molar-refractivity contribution in [1.29, 1.82) is 0 Å². The topological polar surface area (TPSA) is 50.6 Å². The van der Waals surface area contributed by atoms with E-state index in [0.717, 1.165) is 43.2 Å². The second-order valence-electron chi connectivity index (χ2n) is 9.07. The summed E-state index contributed by atoms with van der Waals surface area (Å²) in [6.45, 7) is 3.44. The lowest BCUT2D eigenvalue weighted by molar-refractivity contribution is -0.00931. The minimum atomic E-state index is -0.384. The molecule has 32 heavy (non-hydrogen) atoms. The van der Waals surface area contributed by atoms with Gasteiger partial charge in [0, 0.05) is 51.4 Å². The molecule has 0 saturated carbocycles. The number of carbonyl (C=O) groups excluding carboxylic acids is 1. The van der Waals surface area contributed by atoms with Crippen LogP contribution in [0.1, 0.15) is 48.2 Å². The number of amides is 1. The lowest BCUT2D eigenvalue weighted by Crippen LogP contribution is -2.50. The Morgan fingerprint density at radius 2 is 1.72 bits per heavy atom. The van der Waals surface area contributed by atoms with Crippen LogP contribution in [0.15, 0.2) is 60.9 Å². The first-order valence-electron chi connectivity index (χ1n) is 11.7. The molecule has 2 saturated heterocycles. The van der Waals surface area contributed by atoms with E-state index in [2.05, 4.69) is 38.8 Å². The van der Waals surface area contributed by atoms with Crippen molar-refractivity contribution in [2.24, 2.45) is 0 Å². The van der Waals surface area contributed by atoms with Crippen LogP contribution < -0.4 is 9.64 Å². The van der Waals surface area contributed by atoms with Gasteiger partial charge in [0.25, 0.3) is 5.91 Å².